The number of hydrogen-bond donors (Lipinski definition) is 1. The molecule has 1 aromatic carbocycles. The van der Waals surface area contributed by atoms with Crippen LogP contribution in [0.1, 0.15) is 26.3 Å². The molecule has 7 heteroatoms. The Balaban J connectivity index is 2.85. The highest BCUT2D eigenvalue weighted by atomic mass is 16.6. The molecular weight excluding hydrogens is 278 g/mol. The number of methoxy groups -OCH3 is 1. The summed E-state index contributed by atoms with van der Waals surface area (Å²) < 4.78 is 16.1. The number of aliphatic hydroxyl groups excluding tert-OH is 1. The van der Waals surface area contributed by atoms with Crippen molar-refractivity contribution >= 4 is 5.69 Å². The molecule has 0 bridgehead atoms. The van der Waals surface area contributed by atoms with Gasteiger partial charge in [-0.05, 0) is 26.8 Å². The van der Waals surface area contributed by atoms with Crippen LogP contribution in [0.4, 0.5) is 5.69 Å². The lowest BCUT2D eigenvalue weighted by Gasteiger charge is -2.20. The first-order chi connectivity index (χ1) is 9.78. The van der Waals surface area contributed by atoms with E-state index in [9.17, 15) is 10.1 Å². The molecule has 1 N–H and O–H groups in total. The maximum Gasteiger partial charge on any atom is 0.278 e. The first kappa shape index (κ1) is 17.2. The Morgan fingerprint density at radius 3 is 2.38 bits per heavy atom. The average Bonchev–Trinajstić information content (AvgIpc) is 2.41. The van der Waals surface area contributed by atoms with Crippen molar-refractivity contribution in [3.63, 3.8) is 0 Å². The van der Waals surface area contributed by atoms with Gasteiger partial charge in [0.2, 0.25) is 0 Å². The summed E-state index contributed by atoms with van der Waals surface area (Å²) in [5.41, 5.74) is -0.305. The molecule has 1 aromatic rings. The van der Waals surface area contributed by atoms with Gasteiger partial charge in [0, 0.05) is 0 Å². The highest BCUT2D eigenvalue weighted by molar-refractivity contribution is 5.54. The molecule has 0 unspecified atom stereocenters. The van der Waals surface area contributed by atoms with Crippen LogP contribution in [0.2, 0.25) is 0 Å². The summed E-state index contributed by atoms with van der Waals surface area (Å²) >= 11 is 0. The zero-order chi connectivity index (χ0) is 16.0. The monoisotopic (exact) mass is 299 g/mol. The van der Waals surface area contributed by atoms with E-state index in [0.717, 1.165) is 0 Å². The van der Waals surface area contributed by atoms with E-state index >= 15 is 0 Å². The summed E-state index contributed by atoms with van der Waals surface area (Å²) in [7, 11) is 1.43. The van der Waals surface area contributed by atoms with Crippen LogP contribution in [0, 0.1) is 10.1 Å². The zero-order valence-corrected chi connectivity index (χ0v) is 12.7. The average molecular weight is 299 g/mol. The lowest BCUT2D eigenvalue weighted by atomic mass is 10.1. The maximum atomic E-state index is 11.0. The first-order valence-corrected chi connectivity index (χ1v) is 6.51. The third-order valence-corrected chi connectivity index (χ3v) is 2.61. The predicted molar refractivity (Wildman–Crippen MR) is 76.8 cm³/mol. The molecule has 7 nitrogen and oxygen atoms in total. The summed E-state index contributed by atoms with van der Waals surface area (Å²) in [5.74, 6) is 0.583. The molecule has 0 saturated heterocycles. The standard InChI is InChI=1S/C14H21NO6/c1-14(2,3)21-6-5-20-13-8-11(15(17)18)10(9-16)7-12(13)19-4/h7-8,16H,5-6,9H2,1-4H3. The minimum Gasteiger partial charge on any atom is -0.493 e. The van der Waals surface area contributed by atoms with Crippen LogP contribution in [0.5, 0.6) is 11.5 Å². The summed E-state index contributed by atoms with van der Waals surface area (Å²) in [6.45, 7) is 5.92. The molecule has 21 heavy (non-hydrogen) atoms. The fraction of sp³-hybridized carbons (Fsp3) is 0.571. The number of ether oxygens (including phenoxy) is 3. The van der Waals surface area contributed by atoms with Crippen molar-refractivity contribution in [1.82, 2.24) is 0 Å². The topological polar surface area (TPSA) is 91.1 Å². The van der Waals surface area contributed by atoms with E-state index in [1.807, 2.05) is 20.8 Å². The van der Waals surface area contributed by atoms with Gasteiger partial charge in [-0.2, -0.15) is 0 Å². The lowest BCUT2D eigenvalue weighted by molar-refractivity contribution is -0.385. The summed E-state index contributed by atoms with van der Waals surface area (Å²) in [6.07, 6.45) is 0. The third kappa shape index (κ3) is 5.20. The van der Waals surface area contributed by atoms with Gasteiger partial charge in [0.25, 0.3) is 5.69 Å². The van der Waals surface area contributed by atoms with Crippen molar-refractivity contribution in [2.75, 3.05) is 20.3 Å². The zero-order valence-electron chi connectivity index (χ0n) is 12.7. The van der Waals surface area contributed by atoms with E-state index in [-0.39, 0.29) is 29.2 Å². The van der Waals surface area contributed by atoms with Crippen molar-refractivity contribution in [3.05, 3.63) is 27.8 Å². The number of nitro benzene ring substituents is 1. The first-order valence-electron chi connectivity index (χ1n) is 6.51. The van der Waals surface area contributed by atoms with Crippen LogP contribution < -0.4 is 9.47 Å². The Morgan fingerprint density at radius 1 is 1.24 bits per heavy atom. The molecule has 1 rings (SSSR count). The Hall–Kier alpha value is -1.86. The van der Waals surface area contributed by atoms with E-state index in [2.05, 4.69) is 0 Å². The molecular formula is C14H21NO6. The number of aliphatic hydroxyl groups is 1. The fourth-order valence-corrected chi connectivity index (χ4v) is 1.66. The summed E-state index contributed by atoms with van der Waals surface area (Å²) in [6, 6.07) is 2.65. The molecule has 0 saturated carbocycles. The molecule has 0 radical (unpaired) electrons. The second kappa shape index (κ2) is 7.24. The molecule has 0 heterocycles. The van der Waals surface area contributed by atoms with Crippen molar-refractivity contribution in [1.29, 1.82) is 0 Å². The van der Waals surface area contributed by atoms with E-state index in [0.29, 0.717) is 12.4 Å². The van der Waals surface area contributed by atoms with Crippen LogP contribution in [0.25, 0.3) is 0 Å². The maximum absolute atomic E-state index is 11.0. The van der Waals surface area contributed by atoms with Gasteiger partial charge in [-0.15, -0.1) is 0 Å². The predicted octanol–water partition coefficient (Wildman–Crippen LogP) is 2.29. The normalized spacial score (nSPS) is 11.3. The van der Waals surface area contributed by atoms with E-state index in [1.54, 1.807) is 0 Å². The van der Waals surface area contributed by atoms with Gasteiger partial charge in [-0.25, -0.2) is 0 Å². The van der Waals surface area contributed by atoms with Gasteiger partial charge in [0.05, 0.1) is 42.5 Å². The molecule has 0 aliphatic carbocycles. The quantitative estimate of drug-likeness (QED) is 0.472. The van der Waals surface area contributed by atoms with Crippen molar-refractivity contribution in [3.8, 4) is 11.5 Å². The summed E-state index contributed by atoms with van der Waals surface area (Å²) in [5, 5.41) is 20.1. The largest absolute Gasteiger partial charge is 0.493 e. The van der Waals surface area contributed by atoms with Gasteiger partial charge >= 0.3 is 0 Å². The number of benzene rings is 1. The number of hydrogen-bond acceptors (Lipinski definition) is 6. The minimum atomic E-state index is -0.566. The molecule has 0 atom stereocenters. The highest BCUT2D eigenvalue weighted by Crippen LogP contribution is 2.34. The van der Waals surface area contributed by atoms with Crippen molar-refractivity contribution in [2.24, 2.45) is 0 Å². The Kier molecular flexibility index (Phi) is 5.92. The SMILES string of the molecule is COc1cc(CO)c([N+](=O)[O-])cc1OCCOC(C)(C)C. The summed E-state index contributed by atoms with van der Waals surface area (Å²) in [4.78, 5) is 10.4. The van der Waals surface area contributed by atoms with Gasteiger partial charge in [0.1, 0.15) is 6.61 Å². The molecule has 118 valence electrons. The molecule has 0 aliphatic heterocycles. The van der Waals surface area contributed by atoms with Crippen LogP contribution in [-0.2, 0) is 11.3 Å². The van der Waals surface area contributed by atoms with Crippen molar-refractivity contribution < 1.29 is 24.2 Å². The molecule has 0 aromatic heterocycles. The Labute approximate surface area is 123 Å². The second-order valence-electron chi connectivity index (χ2n) is 5.36. The van der Waals surface area contributed by atoms with Crippen LogP contribution in [-0.4, -0.2) is 36.0 Å². The molecule has 0 fully saturated rings. The molecule has 0 aliphatic rings. The highest BCUT2D eigenvalue weighted by Gasteiger charge is 2.19. The fourth-order valence-electron chi connectivity index (χ4n) is 1.66. The molecule has 0 amide bonds. The Bertz CT molecular complexity index is 495. The second-order valence-corrected chi connectivity index (χ2v) is 5.36. The minimum absolute atomic E-state index is 0.176. The number of nitrogens with zero attached hydrogens (tertiary/aromatic N) is 1. The lowest BCUT2D eigenvalue weighted by Crippen LogP contribution is -2.22. The molecule has 0 spiro atoms. The van der Waals surface area contributed by atoms with Crippen molar-refractivity contribution in [2.45, 2.75) is 33.0 Å². The van der Waals surface area contributed by atoms with Gasteiger partial charge < -0.3 is 19.3 Å². The van der Waals surface area contributed by atoms with E-state index in [4.69, 9.17) is 19.3 Å². The Morgan fingerprint density at radius 2 is 1.90 bits per heavy atom. The smallest absolute Gasteiger partial charge is 0.278 e. The third-order valence-electron chi connectivity index (χ3n) is 2.61. The van der Waals surface area contributed by atoms with E-state index in [1.165, 1.54) is 19.2 Å². The van der Waals surface area contributed by atoms with Crippen LogP contribution in [0.15, 0.2) is 12.1 Å². The van der Waals surface area contributed by atoms with E-state index < -0.39 is 11.5 Å². The van der Waals surface area contributed by atoms with Crippen LogP contribution >= 0.6 is 0 Å². The van der Waals surface area contributed by atoms with Gasteiger partial charge in [-0.1, -0.05) is 0 Å². The van der Waals surface area contributed by atoms with Gasteiger partial charge in [-0.3, -0.25) is 10.1 Å². The number of rotatable bonds is 7. The van der Waals surface area contributed by atoms with Crippen LogP contribution in [0.3, 0.4) is 0 Å². The van der Waals surface area contributed by atoms with Gasteiger partial charge in [0.15, 0.2) is 11.5 Å². The number of nitro groups is 1.